The van der Waals surface area contributed by atoms with Crippen molar-refractivity contribution in [3.63, 3.8) is 0 Å². The standard InChI is InChI=1S/C8H16INO3/c1-8(2,3)13-7(12)10-5-6(11)4-9/h6,11H,4-5H2,1-3H3,(H,10,12). The maximum Gasteiger partial charge on any atom is 0.407 e. The number of amides is 1. The number of carbonyl (C=O) groups is 1. The molecule has 1 amide bonds. The first-order chi connectivity index (χ1) is 5.85. The van der Waals surface area contributed by atoms with Crippen molar-refractivity contribution in [3.05, 3.63) is 0 Å². The molecule has 0 saturated heterocycles. The molecule has 0 bridgehead atoms. The van der Waals surface area contributed by atoms with Gasteiger partial charge in [0, 0.05) is 11.0 Å². The number of halogens is 1. The van der Waals surface area contributed by atoms with Crippen molar-refractivity contribution in [2.45, 2.75) is 32.5 Å². The highest BCUT2D eigenvalue weighted by atomic mass is 127. The zero-order chi connectivity index (χ0) is 10.5. The fraction of sp³-hybridized carbons (Fsp3) is 0.875. The average molecular weight is 301 g/mol. The minimum absolute atomic E-state index is 0.234. The third-order valence-corrected chi connectivity index (χ3v) is 2.08. The highest BCUT2D eigenvalue weighted by molar-refractivity contribution is 14.1. The molecule has 0 fully saturated rings. The van der Waals surface area contributed by atoms with Gasteiger partial charge in [-0.3, -0.25) is 0 Å². The molecule has 5 heteroatoms. The highest BCUT2D eigenvalue weighted by Crippen LogP contribution is 2.06. The predicted molar refractivity (Wildman–Crippen MR) is 59.1 cm³/mol. The lowest BCUT2D eigenvalue weighted by atomic mass is 10.2. The van der Waals surface area contributed by atoms with Crippen LogP contribution in [0.15, 0.2) is 0 Å². The van der Waals surface area contributed by atoms with Crippen LogP contribution in [0.5, 0.6) is 0 Å². The number of carbonyl (C=O) groups excluding carboxylic acids is 1. The van der Waals surface area contributed by atoms with Crippen molar-refractivity contribution in [1.82, 2.24) is 5.32 Å². The van der Waals surface area contributed by atoms with Crippen LogP contribution in [0.1, 0.15) is 20.8 Å². The summed E-state index contributed by atoms with van der Waals surface area (Å²) in [5, 5.41) is 11.6. The Morgan fingerprint density at radius 3 is 2.54 bits per heavy atom. The van der Waals surface area contributed by atoms with Crippen LogP contribution in [0.4, 0.5) is 4.79 Å². The maximum atomic E-state index is 11.0. The van der Waals surface area contributed by atoms with Gasteiger partial charge in [-0.15, -0.1) is 0 Å². The van der Waals surface area contributed by atoms with E-state index >= 15 is 0 Å². The minimum atomic E-state index is -0.506. The predicted octanol–water partition coefficient (Wildman–Crippen LogP) is 1.31. The number of alkyl halides is 1. The molecule has 0 heterocycles. The van der Waals surface area contributed by atoms with Gasteiger partial charge in [-0.2, -0.15) is 0 Å². The summed E-state index contributed by atoms with van der Waals surface area (Å²) < 4.78 is 5.56. The van der Waals surface area contributed by atoms with E-state index in [9.17, 15) is 4.79 Å². The van der Waals surface area contributed by atoms with E-state index in [1.54, 1.807) is 20.8 Å². The molecule has 13 heavy (non-hydrogen) atoms. The largest absolute Gasteiger partial charge is 0.444 e. The van der Waals surface area contributed by atoms with Crippen molar-refractivity contribution in [2.24, 2.45) is 0 Å². The first kappa shape index (κ1) is 13.0. The Bertz CT molecular complexity index is 167. The van der Waals surface area contributed by atoms with Crippen LogP contribution >= 0.6 is 22.6 Å². The SMILES string of the molecule is CC(C)(C)OC(=O)NCC(O)CI. The molecule has 1 unspecified atom stereocenters. The van der Waals surface area contributed by atoms with Crippen LogP contribution < -0.4 is 5.32 Å². The number of rotatable bonds is 3. The topological polar surface area (TPSA) is 58.6 Å². The molecule has 0 spiro atoms. The summed E-state index contributed by atoms with van der Waals surface area (Å²) in [7, 11) is 0. The number of alkyl carbamates (subject to hydrolysis) is 1. The smallest absolute Gasteiger partial charge is 0.407 e. The van der Waals surface area contributed by atoms with Gasteiger partial charge in [0.15, 0.2) is 0 Å². The summed E-state index contributed by atoms with van der Waals surface area (Å²) >= 11 is 2.05. The van der Waals surface area contributed by atoms with E-state index in [-0.39, 0.29) is 6.54 Å². The van der Waals surface area contributed by atoms with Crippen LogP contribution in [-0.2, 0) is 4.74 Å². The molecule has 0 aliphatic rings. The van der Waals surface area contributed by atoms with Crippen LogP contribution in [0.3, 0.4) is 0 Å². The van der Waals surface area contributed by atoms with E-state index < -0.39 is 17.8 Å². The van der Waals surface area contributed by atoms with Crippen LogP contribution in [0.2, 0.25) is 0 Å². The Hall–Kier alpha value is -0.0400. The fourth-order valence-corrected chi connectivity index (χ4v) is 0.881. The Balaban J connectivity index is 3.64. The Morgan fingerprint density at radius 1 is 1.62 bits per heavy atom. The number of aliphatic hydroxyl groups is 1. The van der Waals surface area contributed by atoms with Crippen molar-refractivity contribution in [1.29, 1.82) is 0 Å². The van der Waals surface area contributed by atoms with Crippen LogP contribution in [0.25, 0.3) is 0 Å². The van der Waals surface area contributed by atoms with E-state index in [0.717, 1.165) is 0 Å². The van der Waals surface area contributed by atoms with Crippen molar-refractivity contribution >= 4 is 28.7 Å². The lowest BCUT2D eigenvalue weighted by Gasteiger charge is -2.20. The molecule has 78 valence electrons. The van der Waals surface area contributed by atoms with Gasteiger partial charge in [0.25, 0.3) is 0 Å². The third-order valence-electron chi connectivity index (χ3n) is 1.06. The monoisotopic (exact) mass is 301 g/mol. The third kappa shape index (κ3) is 8.29. The van der Waals surface area contributed by atoms with E-state index in [4.69, 9.17) is 9.84 Å². The van der Waals surface area contributed by atoms with Gasteiger partial charge < -0.3 is 15.2 Å². The molecule has 0 aromatic carbocycles. The van der Waals surface area contributed by atoms with E-state index in [1.807, 2.05) is 22.6 Å². The van der Waals surface area contributed by atoms with Gasteiger partial charge in [-0.05, 0) is 20.8 Å². The molecule has 0 rings (SSSR count). The Labute approximate surface area is 92.2 Å². The molecular formula is C8H16INO3. The molecule has 4 nitrogen and oxygen atoms in total. The second-order valence-corrected chi connectivity index (χ2v) is 4.57. The lowest BCUT2D eigenvalue weighted by molar-refractivity contribution is 0.0500. The number of aliphatic hydroxyl groups excluding tert-OH is 1. The highest BCUT2D eigenvalue weighted by Gasteiger charge is 2.16. The summed E-state index contributed by atoms with van der Waals surface area (Å²) in [4.78, 5) is 11.0. The summed E-state index contributed by atoms with van der Waals surface area (Å²) in [5.41, 5.74) is -0.487. The number of nitrogens with one attached hydrogen (secondary N) is 1. The lowest BCUT2D eigenvalue weighted by Crippen LogP contribution is -2.37. The van der Waals surface area contributed by atoms with Crippen molar-refractivity contribution < 1.29 is 14.6 Å². The Kier molecular flexibility index (Phi) is 5.62. The molecule has 0 aromatic rings. The van der Waals surface area contributed by atoms with E-state index in [1.165, 1.54) is 0 Å². The zero-order valence-electron chi connectivity index (χ0n) is 8.13. The molecule has 1 atom stereocenters. The molecule has 0 saturated carbocycles. The summed E-state index contributed by atoms with van der Waals surface area (Å²) in [6.07, 6.45) is -0.996. The summed E-state index contributed by atoms with van der Waals surface area (Å²) in [5.74, 6) is 0. The van der Waals surface area contributed by atoms with E-state index in [2.05, 4.69) is 5.32 Å². The van der Waals surface area contributed by atoms with Gasteiger partial charge in [-0.25, -0.2) is 4.79 Å². The minimum Gasteiger partial charge on any atom is -0.444 e. The van der Waals surface area contributed by atoms with Gasteiger partial charge in [0.05, 0.1) is 6.10 Å². The van der Waals surface area contributed by atoms with Crippen LogP contribution in [-0.4, -0.2) is 33.9 Å². The second kappa shape index (κ2) is 5.64. The second-order valence-electron chi connectivity index (χ2n) is 3.69. The quantitative estimate of drug-likeness (QED) is 0.610. The molecule has 0 radical (unpaired) electrons. The van der Waals surface area contributed by atoms with Crippen LogP contribution in [0, 0.1) is 0 Å². The molecule has 0 aliphatic carbocycles. The van der Waals surface area contributed by atoms with E-state index in [0.29, 0.717) is 4.43 Å². The normalized spacial score (nSPS) is 13.6. The van der Waals surface area contributed by atoms with Gasteiger partial charge in [0.1, 0.15) is 5.60 Å². The fourth-order valence-electron chi connectivity index (χ4n) is 0.570. The number of hydrogen-bond acceptors (Lipinski definition) is 3. The number of ether oxygens (including phenoxy) is 1. The summed E-state index contributed by atoms with van der Waals surface area (Å²) in [6.45, 7) is 5.61. The molecular weight excluding hydrogens is 285 g/mol. The maximum absolute atomic E-state index is 11.0. The van der Waals surface area contributed by atoms with Gasteiger partial charge in [0.2, 0.25) is 0 Å². The number of hydrogen-bond donors (Lipinski definition) is 2. The van der Waals surface area contributed by atoms with Crippen molar-refractivity contribution in [2.75, 3.05) is 11.0 Å². The first-order valence-electron chi connectivity index (χ1n) is 4.06. The summed E-state index contributed by atoms with van der Waals surface area (Å²) in [6, 6.07) is 0. The van der Waals surface area contributed by atoms with Gasteiger partial charge in [-0.1, -0.05) is 22.6 Å². The molecule has 0 aliphatic heterocycles. The Morgan fingerprint density at radius 2 is 2.15 bits per heavy atom. The zero-order valence-corrected chi connectivity index (χ0v) is 10.3. The first-order valence-corrected chi connectivity index (χ1v) is 5.58. The molecule has 0 aromatic heterocycles. The van der Waals surface area contributed by atoms with Gasteiger partial charge >= 0.3 is 6.09 Å². The average Bonchev–Trinajstić information content (AvgIpc) is 1.97. The van der Waals surface area contributed by atoms with Crippen molar-refractivity contribution in [3.8, 4) is 0 Å². The molecule has 2 N–H and O–H groups in total.